The maximum atomic E-state index is 6.20. The van der Waals surface area contributed by atoms with Crippen molar-refractivity contribution in [3.05, 3.63) is 113 Å². The van der Waals surface area contributed by atoms with Crippen LogP contribution in [0.1, 0.15) is 11.1 Å². The number of hydrogen-bond acceptors (Lipinski definition) is 2. The Bertz CT molecular complexity index is 1160. The molecule has 0 bridgehead atoms. The van der Waals surface area contributed by atoms with Crippen molar-refractivity contribution in [1.29, 1.82) is 0 Å². The van der Waals surface area contributed by atoms with Crippen LogP contribution in [0.25, 0.3) is 10.8 Å². The van der Waals surface area contributed by atoms with E-state index in [1.807, 2.05) is 12.1 Å². The fraction of sp³-hybridized carbons (Fsp3) is 0.241. The van der Waals surface area contributed by atoms with Crippen molar-refractivity contribution in [2.24, 2.45) is 11.8 Å². The molecule has 0 saturated carbocycles. The van der Waals surface area contributed by atoms with E-state index in [0.717, 1.165) is 37.6 Å². The zero-order valence-corrected chi connectivity index (χ0v) is 19.0. The van der Waals surface area contributed by atoms with Gasteiger partial charge in [-0.3, -0.25) is 0 Å². The van der Waals surface area contributed by atoms with Gasteiger partial charge in [0.1, 0.15) is 0 Å². The third kappa shape index (κ3) is 4.98. The lowest BCUT2D eigenvalue weighted by Gasteiger charge is -2.30. The summed E-state index contributed by atoms with van der Waals surface area (Å²) in [7, 11) is 0. The summed E-state index contributed by atoms with van der Waals surface area (Å²) in [5, 5.41) is 7.02. The lowest BCUT2D eigenvalue weighted by Crippen LogP contribution is -2.33. The van der Waals surface area contributed by atoms with Crippen LogP contribution in [-0.4, -0.2) is 19.6 Å². The summed E-state index contributed by atoms with van der Waals surface area (Å²) < 4.78 is 0. The summed E-state index contributed by atoms with van der Waals surface area (Å²) in [6, 6.07) is 34.6. The van der Waals surface area contributed by atoms with Crippen molar-refractivity contribution < 1.29 is 0 Å². The summed E-state index contributed by atoms with van der Waals surface area (Å²) in [5.74, 6) is 1.25. The van der Waals surface area contributed by atoms with E-state index >= 15 is 0 Å². The molecule has 3 heteroatoms. The van der Waals surface area contributed by atoms with Gasteiger partial charge in [0.25, 0.3) is 0 Å². The number of nitrogens with one attached hydrogen (secondary N) is 1. The largest absolute Gasteiger partial charge is 0.367 e. The first-order valence-electron chi connectivity index (χ1n) is 11.5. The van der Waals surface area contributed by atoms with Crippen LogP contribution in [-0.2, 0) is 13.0 Å². The SMILES string of the molecule is Clc1ccc(N(Cc2ccc3ccccc3c2)C[C@H]2CNC[C@@H]2Cc2ccccc2)cc1. The normalized spacial score (nSPS) is 18.2. The van der Waals surface area contributed by atoms with Crippen molar-refractivity contribution in [3.8, 4) is 0 Å². The lowest BCUT2D eigenvalue weighted by molar-refractivity contribution is 0.413. The highest BCUT2D eigenvalue weighted by molar-refractivity contribution is 6.30. The van der Waals surface area contributed by atoms with Crippen molar-refractivity contribution in [1.82, 2.24) is 5.32 Å². The Morgan fingerprint density at radius 1 is 0.719 bits per heavy atom. The quantitative estimate of drug-likeness (QED) is 0.349. The van der Waals surface area contributed by atoms with Gasteiger partial charge in [0, 0.05) is 23.8 Å². The second-order valence-electron chi connectivity index (χ2n) is 8.91. The molecule has 162 valence electrons. The number of fused-ring (bicyclic) bond motifs is 1. The minimum atomic E-state index is 0.603. The number of rotatable bonds is 7. The number of benzene rings is 4. The van der Waals surface area contributed by atoms with E-state index in [1.165, 1.54) is 27.6 Å². The molecule has 0 unspecified atom stereocenters. The Morgan fingerprint density at radius 2 is 1.44 bits per heavy atom. The van der Waals surface area contributed by atoms with Gasteiger partial charge in [-0.15, -0.1) is 0 Å². The van der Waals surface area contributed by atoms with Gasteiger partial charge in [0.2, 0.25) is 0 Å². The van der Waals surface area contributed by atoms with Gasteiger partial charge in [0.15, 0.2) is 0 Å². The van der Waals surface area contributed by atoms with Crippen molar-refractivity contribution in [2.75, 3.05) is 24.5 Å². The molecule has 1 heterocycles. The summed E-state index contributed by atoms with van der Waals surface area (Å²) >= 11 is 6.20. The average Bonchev–Trinajstić information content (AvgIpc) is 3.26. The summed E-state index contributed by atoms with van der Waals surface area (Å²) in [6.07, 6.45) is 1.13. The third-order valence-corrected chi connectivity index (χ3v) is 6.91. The van der Waals surface area contributed by atoms with Crippen molar-refractivity contribution >= 4 is 28.1 Å². The molecule has 5 rings (SSSR count). The maximum absolute atomic E-state index is 6.20. The first kappa shape index (κ1) is 21.1. The van der Waals surface area contributed by atoms with Crippen LogP contribution in [0.5, 0.6) is 0 Å². The molecule has 2 atom stereocenters. The monoisotopic (exact) mass is 440 g/mol. The van der Waals surface area contributed by atoms with Gasteiger partial charge in [-0.2, -0.15) is 0 Å². The Hall–Kier alpha value is -2.81. The summed E-state index contributed by atoms with van der Waals surface area (Å²) in [6.45, 7) is 4.07. The molecule has 0 radical (unpaired) electrons. The highest BCUT2D eigenvalue weighted by Gasteiger charge is 2.29. The smallest absolute Gasteiger partial charge is 0.0429 e. The van der Waals surface area contributed by atoms with Crippen LogP contribution in [0.3, 0.4) is 0 Å². The van der Waals surface area contributed by atoms with Gasteiger partial charge in [-0.1, -0.05) is 78.3 Å². The van der Waals surface area contributed by atoms with Crippen LogP contribution in [0.4, 0.5) is 5.69 Å². The summed E-state index contributed by atoms with van der Waals surface area (Å²) in [4.78, 5) is 2.52. The van der Waals surface area contributed by atoms with Crippen molar-refractivity contribution in [2.45, 2.75) is 13.0 Å². The molecule has 1 aliphatic rings. The molecule has 32 heavy (non-hydrogen) atoms. The average molecular weight is 441 g/mol. The fourth-order valence-electron chi connectivity index (χ4n) is 4.91. The minimum absolute atomic E-state index is 0.603. The molecule has 0 aliphatic carbocycles. The highest BCUT2D eigenvalue weighted by Crippen LogP contribution is 2.28. The van der Waals surface area contributed by atoms with E-state index in [9.17, 15) is 0 Å². The van der Waals surface area contributed by atoms with Crippen LogP contribution in [0.2, 0.25) is 5.02 Å². The van der Waals surface area contributed by atoms with E-state index in [4.69, 9.17) is 11.6 Å². The number of hydrogen-bond donors (Lipinski definition) is 1. The third-order valence-electron chi connectivity index (χ3n) is 6.65. The standard InChI is InChI=1S/C29H29ClN2/c30-28-12-14-29(15-13-28)32(20-23-10-11-24-8-4-5-9-25(24)17-23)21-27-19-31-18-26(27)16-22-6-2-1-3-7-22/h1-15,17,26-27,31H,16,18-21H2/t26-,27+/m0/s1. The zero-order valence-electron chi connectivity index (χ0n) is 18.3. The van der Waals surface area contributed by atoms with Crippen molar-refractivity contribution in [3.63, 3.8) is 0 Å². The van der Waals surface area contributed by atoms with Gasteiger partial charge in [0.05, 0.1) is 0 Å². The predicted octanol–water partition coefficient (Wildman–Crippen LogP) is 6.58. The van der Waals surface area contributed by atoms with Crippen LogP contribution in [0, 0.1) is 11.8 Å². The second-order valence-corrected chi connectivity index (χ2v) is 9.34. The van der Waals surface area contributed by atoms with Crippen LogP contribution < -0.4 is 10.2 Å². The molecule has 1 N–H and O–H groups in total. The predicted molar refractivity (Wildman–Crippen MR) is 136 cm³/mol. The molecule has 0 spiro atoms. The first-order chi connectivity index (χ1) is 15.7. The first-order valence-corrected chi connectivity index (χ1v) is 11.9. The molecule has 1 saturated heterocycles. The fourth-order valence-corrected chi connectivity index (χ4v) is 5.04. The topological polar surface area (TPSA) is 15.3 Å². The second kappa shape index (κ2) is 9.77. The zero-order chi connectivity index (χ0) is 21.8. The summed E-state index contributed by atoms with van der Waals surface area (Å²) in [5.41, 5.74) is 4.00. The minimum Gasteiger partial charge on any atom is -0.367 e. The Balaban J connectivity index is 1.38. The Morgan fingerprint density at radius 3 is 2.25 bits per heavy atom. The van der Waals surface area contributed by atoms with Crippen LogP contribution in [0.15, 0.2) is 97.1 Å². The van der Waals surface area contributed by atoms with Crippen LogP contribution >= 0.6 is 11.6 Å². The molecule has 4 aromatic carbocycles. The number of nitrogens with zero attached hydrogens (tertiary/aromatic N) is 1. The van der Waals surface area contributed by atoms with E-state index < -0.39 is 0 Å². The highest BCUT2D eigenvalue weighted by atomic mass is 35.5. The number of anilines is 1. The molecule has 4 aromatic rings. The van der Waals surface area contributed by atoms with Gasteiger partial charge < -0.3 is 10.2 Å². The number of halogens is 1. The van der Waals surface area contributed by atoms with Gasteiger partial charge >= 0.3 is 0 Å². The van der Waals surface area contributed by atoms with E-state index in [0.29, 0.717) is 11.8 Å². The van der Waals surface area contributed by atoms with E-state index in [2.05, 4.69) is 95.1 Å². The van der Waals surface area contributed by atoms with Gasteiger partial charge in [-0.25, -0.2) is 0 Å². The maximum Gasteiger partial charge on any atom is 0.0429 e. The molecular formula is C29H29ClN2. The molecule has 1 aliphatic heterocycles. The molecule has 0 aromatic heterocycles. The van der Waals surface area contributed by atoms with E-state index in [1.54, 1.807) is 0 Å². The van der Waals surface area contributed by atoms with E-state index in [-0.39, 0.29) is 0 Å². The van der Waals surface area contributed by atoms with Gasteiger partial charge in [-0.05, 0) is 83.6 Å². The molecule has 1 fully saturated rings. The molecular weight excluding hydrogens is 412 g/mol. The molecule has 2 nitrogen and oxygen atoms in total. The molecule has 0 amide bonds. The Labute approximate surface area is 195 Å². The Kier molecular flexibility index (Phi) is 6.43. The lowest BCUT2D eigenvalue weighted by atomic mass is 9.89.